The smallest absolute Gasteiger partial charge is 0.0641 e. The number of nitrogens with zero attached hydrogens (tertiary/aromatic N) is 1. The highest BCUT2D eigenvalue weighted by Gasteiger charge is 2.06. The Bertz CT molecular complexity index is 344. The third-order valence-electron chi connectivity index (χ3n) is 2.63. The van der Waals surface area contributed by atoms with Crippen LogP contribution in [0.2, 0.25) is 0 Å². The van der Waals surface area contributed by atoms with Crippen molar-refractivity contribution >= 4 is 21.6 Å². The number of benzene rings is 1. The summed E-state index contributed by atoms with van der Waals surface area (Å²) in [6, 6.07) is 6.39. The second-order valence-electron chi connectivity index (χ2n) is 3.94. The quantitative estimate of drug-likeness (QED) is 0.786. The van der Waals surface area contributed by atoms with Gasteiger partial charge in [0.15, 0.2) is 0 Å². The molecular formula is C13H21BrN2O. The fourth-order valence-corrected chi connectivity index (χ4v) is 2.38. The highest BCUT2D eigenvalue weighted by molar-refractivity contribution is 9.10. The van der Waals surface area contributed by atoms with Crippen LogP contribution in [-0.2, 0) is 11.2 Å². The minimum Gasteiger partial charge on any atom is -0.380 e. The first-order valence-corrected chi connectivity index (χ1v) is 6.75. The molecule has 3 nitrogen and oxygen atoms in total. The van der Waals surface area contributed by atoms with E-state index in [1.165, 1.54) is 11.3 Å². The van der Waals surface area contributed by atoms with Crippen molar-refractivity contribution in [3.63, 3.8) is 0 Å². The number of halogens is 1. The summed E-state index contributed by atoms with van der Waals surface area (Å²) in [5.41, 5.74) is 8.00. The van der Waals surface area contributed by atoms with Crippen molar-refractivity contribution in [2.24, 2.45) is 5.73 Å². The number of nitrogens with two attached hydrogens (primary N) is 1. The van der Waals surface area contributed by atoms with Gasteiger partial charge in [0.05, 0.1) is 12.3 Å². The molecule has 0 unspecified atom stereocenters. The third kappa shape index (κ3) is 4.66. The van der Waals surface area contributed by atoms with Crippen LogP contribution >= 0.6 is 15.9 Å². The van der Waals surface area contributed by atoms with Gasteiger partial charge in [-0.25, -0.2) is 0 Å². The van der Waals surface area contributed by atoms with Crippen molar-refractivity contribution in [2.45, 2.75) is 13.3 Å². The maximum absolute atomic E-state index is 5.55. The first kappa shape index (κ1) is 14.5. The van der Waals surface area contributed by atoms with Crippen LogP contribution < -0.4 is 10.6 Å². The Morgan fingerprint density at radius 2 is 2.18 bits per heavy atom. The Labute approximate surface area is 112 Å². The lowest BCUT2D eigenvalue weighted by molar-refractivity contribution is 0.154. The highest BCUT2D eigenvalue weighted by Crippen LogP contribution is 2.26. The average molecular weight is 301 g/mol. The molecule has 0 aliphatic heterocycles. The molecule has 0 atom stereocenters. The summed E-state index contributed by atoms with van der Waals surface area (Å²) in [6.45, 7) is 5.11. The third-order valence-corrected chi connectivity index (χ3v) is 3.27. The maximum Gasteiger partial charge on any atom is 0.0641 e. The van der Waals surface area contributed by atoms with E-state index in [4.69, 9.17) is 10.5 Å². The van der Waals surface area contributed by atoms with Crippen LogP contribution in [0.3, 0.4) is 0 Å². The molecule has 96 valence electrons. The molecule has 17 heavy (non-hydrogen) atoms. The van der Waals surface area contributed by atoms with Gasteiger partial charge < -0.3 is 15.4 Å². The minimum atomic E-state index is 0.686. The lowest BCUT2D eigenvalue weighted by atomic mass is 10.1. The van der Waals surface area contributed by atoms with Crippen molar-refractivity contribution in [3.8, 4) is 0 Å². The SMILES string of the molecule is CCOCCN(C)c1ccc(CCN)cc1Br. The lowest BCUT2D eigenvalue weighted by Gasteiger charge is -2.21. The Hall–Kier alpha value is -0.580. The number of ether oxygens (including phenoxy) is 1. The molecule has 0 amide bonds. The molecule has 0 radical (unpaired) electrons. The molecule has 4 heteroatoms. The van der Waals surface area contributed by atoms with Gasteiger partial charge in [-0.05, 0) is 53.5 Å². The molecule has 0 heterocycles. The first-order chi connectivity index (χ1) is 8.19. The van der Waals surface area contributed by atoms with Gasteiger partial charge in [-0.3, -0.25) is 0 Å². The fourth-order valence-electron chi connectivity index (χ4n) is 1.65. The van der Waals surface area contributed by atoms with Gasteiger partial charge in [-0.15, -0.1) is 0 Å². The van der Waals surface area contributed by atoms with Gasteiger partial charge >= 0.3 is 0 Å². The van der Waals surface area contributed by atoms with Crippen LogP contribution in [0, 0.1) is 0 Å². The van der Waals surface area contributed by atoms with Crippen LogP contribution in [-0.4, -0.2) is 33.4 Å². The van der Waals surface area contributed by atoms with E-state index in [0.717, 1.165) is 30.7 Å². The van der Waals surface area contributed by atoms with Crippen molar-refractivity contribution in [3.05, 3.63) is 28.2 Å². The van der Waals surface area contributed by atoms with Crippen LogP contribution in [0.25, 0.3) is 0 Å². The van der Waals surface area contributed by atoms with Crippen LogP contribution in [0.15, 0.2) is 22.7 Å². The van der Waals surface area contributed by atoms with Crippen LogP contribution in [0.4, 0.5) is 5.69 Å². The molecule has 1 aromatic carbocycles. The van der Waals surface area contributed by atoms with Gasteiger partial charge in [-0.1, -0.05) is 6.07 Å². The Kier molecular flexibility index (Phi) is 6.55. The zero-order valence-corrected chi connectivity index (χ0v) is 12.2. The number of anilines is 1. The summed E-state index contributed by atoms with van der Waals surface area (Å²) >= 11 is 3.60. The molecule has 2 N–H and O–H groups in total. The Morgan fingerprint density at radius 1 is 1.41 bits per heavy atom. The average Bonchev–Trinajstić information content (AvgIpc) is 2.29. The number of likely N-dealkylation sites (N-methyl/N-ethyl adjacent to an activating group) is 1. The van der Waals surface area contributed by atoms with E-state index in [1.807, 2.05) is 6.92 Å². The van der Waals surface area contributed by atoms with Crippen LogP contribution in [0.5, 0.6) is 0 Å². The number of rotatable bonds is 7. The zero-order chi connectivity index (χ0) is 12.7. The van der Waals surface area contributed by atoms with E-state index in [2.05, 4.69) is 46.1 Å². The van der Waals surface area contributed by atoms with Crippen molar-refractivity contribution in [2.75, 3.05) is 38.3 Å². The van der Waals surface area contributed by atoms with E-state index < -0.39 is 0 Å². The van der Waals surface area contributed by atoms with Gasteiger partial charge in [-0.2, -0.15) is 0 Å². The van der Waals surface area contributed by atoms with E-state index >= 15 is 0 Å². The summed E-state index contributed by atoms with van der Waals surface area (Å²) in [7, 11) is 2.07. The highest BCUT2D eigenvalue weighted by atomic mass is 79.9. The second-order valence-corrected chi connectivity index (χ2v) is 4.80. The topological polar surface area (TPSA) is 38.5 Å². The summed E-state index contributed by atoms with van der Waals surface area (Å²) in [5, 5.41) is 0. The Balaban J connectivity index is 2.63. The molecule has 0 fully saturated rings. The standard InChI is InChI=1S/C13H21BrN2O/c1-3-17-9-8-16(2)13-5-4-11(6-7-15)10-12(13)14/h4-5,10H,3,6-9,15H2,1-2H3. The molecule has 0 spiro atoms. The monoisotopic (exact) mass is 300 g/mol. The molecular weight excluding hydrogens is 280 g/mol. The van der Waals surface area contributed by atoms with Gasteiger partial charge in [0, 0.05) is 24.7 Å². The number of hydrogen-bond acceptors (Lipinski definition) is 3. The predicted molar refractivity (Wildman–Crippen MR) is 76.7 cm³/mol. The van der Waals surface area contributed by atoms with E-state index in [1.54, 1.807) is 0 Å². The molecule has 0 saturated carbocycles. The first-order valence-electron chi connectivity index (χ1n) is 5.96. The summed E-state index contributed by atoms with van der Waals surface area (Å²) < 4.78 is 6.47. The molecule has 0 aliphatic rings. The molecule has 0 aromatic heterocycles. The predicted octanol–water partition coefficient (Wildman–Crippen LogP) is 2.42. The molecule has 1 rings (SSSR count). The van der Waals surface area contributed by atoms with Gasteiger partial charge in [0.1, 0.15) is 0 Å². The Morgan fingerprint density at radius 3 is 2.76 bits per heavy atom. The van der Waals surface area contributed by atoms with Crippen molar-refractivity contribution < 1.29 is 4.74 Å². The van der Waals surface area contributed by atoms with E-state index in [9.17, 15) is 0 Å². The normalized spacial score (nSPS) is 10.6. The second kappa shape index (κ2) is 7.69. The van der Waals surface area contributed by atoms with Gasteiger partial charge in [0.2, 0.25) is 0 Å². The molecule has 0 saturated heterocycles. The lowest BCUT2D eigenvalue weighted by Crippen LogP contribution is -2.23. The van der Waals surface area contributed by atoms with Crippen LogP contribution in [0.1, 0.15) is 12.5 Å². The van der Waals surface area contributed by atoms with E-state index in [-0.39, 0.29) is 0 Å². The maximum atomic E-state index is 5.55. The molecule has 0 bridgehead atoms. The molecule has 0 aliphatic carbocycles. The minimum absolute atomic E-state index is 0.686. The summed E-state index contributed by atoms with van der Waals surface area (Å²) in [6.07, 6.45) is 0.918. The molecule has 1 aromatic rings. The zero-order valence-electron chi connectivity index (χ0n) is 10.6. The summed E-state index contributed by atoms with van der Waals surface area (Å²) in [5.74, 6) is 0. The van der Waals surface area contributed by atoms with Gasteiger partial charge in [0.25, 0.3) is 0 Å². The van der Waals surface area contributed by atoms with E-state index in [0.29, 0.717) is 6.54 Å². The largest absolute Gasteiger partial charge is 0.380 e. The number of hydrogen-bond donors (Lipinski definition) is 1. The summed E-state index contributed by atoms with van der Waals surface area (Å²) in [4.78, 5) is 2.19. The van der Waals surface area contributed by atoms with Crippen molar-refractivity contribution in [1.82, 2.24) is 0 Å². The fraction of sp³-hybridized carbons (Fsp3) is 0.538. The van der Waals surface area contributed by atoms with Crippen molar-refractivity contribution in [1.29, 1.82) is 0 Å².